The lowest BCUT2D eigenvalue weighted by Crippen LogP contribution is -2.32. The van der Waals surface area contributed by atoms with Gasteiger partial charge in [-0.2, -0.15) is 5.26 Å². The minimum absolute atomic E-state index is 0.628. The SMILES string of the molecule is Cc1ccc(C#N)c(N2CCc3c(N)cccc3C2)n1. The number of anilines is 2. The molecule has 0 unspecified atom stereocenters. The first-order valence-corrected chi connectivity index (χ1v) is 6.68. The predicted octanol–water partition coefficient (Wildman–Crippen LogP) is 2.41. The topological polar surface area (TPSA) is 65.9 Å². The number of pyridine rings is 1. The summed E-state index contributed by atoms with van der Waals surface area (Å²) < 4.78 is 0. The van der Waals surface area contributed by atoms with Crippen LogP contribution >= 0.6 is 0 Å². The standard InChI is InChI=1S/C16H16N4/c1-11-5-6-12(9-17)16(19-11)20-8-7-14-13(10-20)3-2-4-15(14)18/h2-6H,7-8,10,18H2,1H3. The number of fused-ring (bicyclic) bond motifs is 1. The van der Waals surface area contributed by atoms with E-state index in [0.29, 0.717) is 5.56 Å². The average Bonchev–Trinajstić information content (AvgIpc) is 2.47. The number of aromatic nitrogens is 1. The van der Waals surface area contributed by atoms with E-state index in [1.165, 1.54) is 11.1 Å². The molecular weight excluding hydrogens is 248 g/mol. The van der Waals surface area contributed by atoms with Crippen LogP contribution in [0.3, 0.4) is 0 Å². The molecule has 100 valence electrons. The Morgan fingerprint density at radius 3 is 2.95 bits per heavy atom. The second-order valence-electron chi connectivity index (χ2n) is 5.09. The summed E-state index contributed by atoms with van der Waals surface area (Å²) in [6.45, 7) is 3.54. The Hall–Kier alpha value is -2.54. The lowest BCUT2D eigenvalue weighted by molar-refractivity contribution is 0.720. The van der Waals surface area contributed by atoms with Crippen molar-refractivity contribution >= 4 is 11.5 Å². The molecule has 20 heavy (non-hydrogen) atoms. The highest BCUT2D eigenvalue weighted by atomic mass is 15.2. The minimum atomic E-state index is 0.628. The number of nitrogens with two attached hydrogens (primary N) is 1. The lowest BCUT2D eigenvalue weighted by atomic mass is 9.97. The van der Waals surface area contributed by atoms with E-state index in [1.54, 1.807) is 0 Å². The molecule has 0 saturated heterocycles. The zero-order chi connectivity index (χ0) is 14.1. The van der Waals surface area contributed by atoms with Gasteiger partial charge in [-0.1, -0.05) is 12.1 Å². The van der Waals surface area contributed by atoms with Crippen LogP contribution < -0.4 is 10.6 Å². The molecule has 4 heteroatoms. The molecule has 0 saturated carbocycles. The number of hydrogen-bond donors (Lipinski definition) is 1. The molecule has 2 heterocycles. The van der Waals surface area contributed by atoms with Gasteiger partial charge in [0.2, 0.25) is 0 Å². The molecule has 1 aromatic carbocycles. The van der Waals surface area contributed by atoms with Gasteiger partial charge in [0.05, 0.1) is 5.56 Å². The summed E-state index contributed by atoms with van der Waals surface area (Å²) in [6.07, 6.45) is 0.891. The van der Waals surface area contributed by atoms with Crippen LogP contribution in [0.1, 0.15) is 22.4 Å². The number of benzene rings is 1. The first-order valence-electron chi connectivity index (χ1n) is 6.68. The van der Waals surface area contributed by atoms with Crippen molar-refractivity contribution in [1.82, 2.24) is 4.98 Å². The lowest BCUT2D eigenvalue weighted by Gasteiger charge is -2.31. The van der Waals surface area contributed by atoms with Crippen LogP contribution in [-0.2, 0) is 13.0 Å². The van der Waals surface area contributed by atoms with Gasteiger partial charge in [-0.3, -0.25) is 0 Å². The molecule has 2 aromatic rings. The Morgan fingerprint density at radius 2 is 2.15 bits per heavy atom. The molecule has 0 bridgehead atoms. The Balaban J connectivity index is 1.99. The van der Waals surface area contributed by atoms with Crippen molar-refractivity contribution in [2.75, 3.05) is 17.2 Å². The van der Waals surface area contributed by atoms with Crippen LogP contribution in [0.2, 0.25) is 0 Å². The number of rotatable bonds is 1. The van der Waals surface area contributed by atoms with E-state index in [1.807, 2.05) is 31.2 Å². The van der Waals surface area contributed by atoms with E-state index >= 15 is 0 Å². The minimum Gasteiger partial charge on any atom is -0.398 e. The van der Waals surface area contributed by atoms with Crippen LogP contribution in [0.4, 0.5) is 11.5 Å². The van der Waals surface area contributed by atoms with Crippen LogP contribution in [0.5, 0.6) is 0 Å². The van der Waals surface area contributed by atoms with E-state index < -0.39 is 0 Å². The molecule has 1 aromatic heterocycles. The van der Waals surface area contributed by atoms with Crippen molar-refractivity contribution in [2.45, 2.75) is 19.9 Å². The smallest absolute Gasteiger partial charge is 0.147 e. The van der Waals surface area contributed by atoms with Crippen molar-refractivity contribution in [3.05, 3.63) is 52.7 Å². The molecule has 0 amide bonds. The first-order chi connectivity index (χ1) is 9.69. The molecule has 0 aliphatic carbocycles. The second kappa shape index (κ2) is 4.86. The maximum Gasteiger partial charge on any atom is 0.147 e. The quantitative estimate of drug-likeness (QED) is 0.803. The monoisotopic (exact) mass is 264 g/mol. The van der Waals surface area contributed by atoms with E-state index in [4.69, 9.17) is 5.73 Å². The van der Waals surface area contributed by atoms with Crippen molar-refractivity contribution in [1.29, 1.82) is 5.26 Å². The van der Waals surface area contributed by atoms with Gasteiger partial charge in [-0.05, 0) is 42.7 Å². The zero-order valence-corrected chi connectivity index (χ0v) is 11.4. The molecular formula is C16H16N4. The van der Waals surface area contributed by atoms with Crippen LogP contribution in [0.15, 0.2) is 30.3 Å². The maximum atomic E-state index is 9.24. The summed E-state index contributed by atoms with van der Waals surface area (Å²) in [5, 5.41) is 9.24. The van der Waals surface area contributed by atoms with Gasteiger partial charge < -0.3 is 10.6 Å². The van der Waals surface area contributed by atoms with E-state index in [0.717, 1.165) is 36.7 Å². The van der Waals surface area contributed by atoms with Gasteiger partial charge >= 0.3 is 0 Å². The third-order valence-corrected chi connectivity index (χ3v) is 3.74. The van der Waals surface area contributed by atoms with Gasteiger partial charge in [-0.15, -0.1) is 0 Å². The molecule has 3 rings (SSSR count). The summed E-state index contributed by atoms with van der Waals surface area (Å²) in [5.74, 6) is 0.778. The highest BCUT2D eigenvalue weighted by Gasteiger charge is 2.21. The van der Waals surface area contributed by atoms with Crippen molar-refractivity contribution < 1.29 is 0 Å². The summed E-state index contributed by atoms with van der Waals surface area (Å²) in [5.41, 5.74) is 10.9. The van der Waals surface area contributed by atoms with Gasteiger partial charge in [0.15, 0.2) is 0 Å². The van der Waals surface area contributed by atoms with E-state index in [9.17, 15) is 5.26 Å². The van der Waals surface area contributed by atoms with E-state index in [-0.39, 0.29) is 0 Å². The average molecular weight is 264 g/mol. The number of nitrogen functional groups attached to an aromatic ring is 1. The van der Waals surface area contributed by atoms with Gasteiger partial charge in [0.1, 0.15) is 11.9 Å². The van der Waals surface area contributed by atoms with E-state index in [2.05, 4.69) is 22.0 Å². The largest absolute Gasteiger partial charge is 0.398 e. The molecule has 2 N–H and O–H groups in total. The van der Waals surface area contributed by atoms with Gasteiger partial charge in [0, 0.05) is 24.5 Å². The highest BCUT2D eigenvalue weighted by molar-refractivity contribution is 5.59. The molecule has 4 nitrogen and oxygen atoms in total. The zero-order valence-electron chi connectivity index (χ0n) is 11.4. The summed E-state index contributed by atoms with van der Waals surface area (Å²) in [6, 6.07) is 12.0. The van der Waals surface area contributed by atoms with Crippen molar-refractivity contribution in [2.24, 2.45) is 0 Å². The molecule has 0 radical (unpaired) electrons. The molecule has 0 spiro atoms. The van der Waals surface area contributed by atoms with Gasteiger partial charge in [0.25, 0.3) is 0 Å². The highest BCUT2D eigenvalue weighted by Crippen LogP contribution is 2.28. The van der Waals surface area contributed by atoms with Crippen LogP contribution in [0, 0.1) is 18.3 Å². The first kappa shape index (κ1) is 12.5. The van der Waals surface area contributed by atoms with Crippen molar-refractivity contribution in [3.8, 4) is 6.07 Å². The summed E-state index contributed by atoms with van der Waals surface area (Å²) >= 11 is 0. The summed E-state index contributed by atoms with van der Waals surface area (Å²) in [4.78, 5) is 6.70. The maximum absolute atomic E-state index is 9.24. The normalized spacial score (nSPS) is 13.7. The summed E-state index contributed by atoms with van der Waals surface area (Å²) in [7, 11) is 0. The fraction of sp³-hybridized carbons (Fsp3) is 0.250. The Bertz CT molecular complexity index is 700. The third-order valence-electron chi connectivity index (χ3n) is 3.74. The molecule has 0 fully saturated rings. The number of aryl methyl sites for hydroxylation is 1. The Kier molecular flexibility index (Phi) is 3.03. The third kappa shape index (κ3) is 2.08. The van der Waals surface area contributed by atoms with Crippen molar-refractivity contribution in [3.63, 3.8) is 0 Å². The van der Waals surface area contributed by atoms with Gasteiger partial charge in [-0.25, -0.2) is 4.98 Å². The number of nitriles is 1. The fourth-order valence-electron chi connectivity index (χ4n) is 2.69. The predicted molar refractivity (Wildman–Crippen MR) is 79.3 cm³/mol. The van der Waals surface area contributed by atoms with Crippen LogP contribution in [-0.4, -0.2) is 11.5 Å². The molecule has 1 aliphatic heterocycles. The molecule has 1 aliphatic rings. The Labute approximate surface area is 118 Å². The fourth-order valence-corrected chi connectivity index (χ4v) is 2.69. The Morgan fingerprint density at radius 1 is 1.30 bits per heavy atom. The number of nitrogens with zero attached hydrogens (tertiary/aromatic N) is 3. The number of hydrogen-bond acceptors (Lipinski definition) is 4. The van der Waals surface area contributed by atoms with Crippen LogP contribution in [0.25, 0.3) is 0 Å². The molecule has 0 atom stereocenters. The second-order valence-corrected chi connectivity index (χ2v) is 5.09.